The number of hydrogen-bond acceptors (Lipinski definition) is 3. The lowest BCUT2D eigenvalue weighted by Crippen LogP contribution is -2.15. The van der Waals surface area contributed by atoms with Crippen molar-refractivity contribution < 1.29 is 9.59 Å². The molecule has 1 aliphatic heterocycles. The van der Waals surface area contributed by atoms with Crippen LogP contribution in [0.4, 0.5) is 11.4 Å². The Hall–Kier alpha value is -3.12. The van der Waals surface area contributed by atoms with Crippen LogP contribution in [0.5, 0.6) is 0 Å². The summed E-state index contributed by atoms with van der Waals surface area (Å²) >= 11 is 6.23. The number of para-hydroxylation sites is 1. The largest absolute Gasteiger partial charge is 0.326 e. The molecule has 6 nitrogen and oxygen atoms in total. The number of aromatic nitrogens is 2. The third kappa shape index (κ3) is 3.64. The second kappa shape index (κ2) is 7.48. The zero-order valence-electron chi connectivity index (χ0n) is 15.3. The number of carbonyl (C=O) groups excluding carboxylic acids is 2. The lowest BCUT2D eigenvalue weighted by Gasteiger charge is -2.10. The maximum atomic E-state index is 12.8. The van der Waals surface area contributed by atoms with Crippen LogP contribution in [-0.2, 0) is 11.2 Å². The van der Waals surface area contributed by atoms with E-state index in [9.17, 15) is 9.59 Å². The molecular weight excluding hydrogens is 376 g/mol. The van der Waals surface area contributed by atoms with Gasteiger partial charge < -0.3 is 10.6 Å². The van der Waals surface area contributed by atoms with Gasteiger partial charge in [0, 0.05) is 29.6 Å². The van der Waals surface area contributed by atoms with Gasteiger partial charge in [0.05, 0.1) is 10.7 Å². The van der Waals surface area contributed by atoms with E-state index < -0.39 is 0 Å². The second-order valence-corrected chi connectivity index (χ2v) is 7.19. The number of halogens is 1. The molecule has 0 bridgehead atoms. The normalized spacial score (nSPS) is 13.4. The van der Waals surface area contributed by atoms with Crippen molar-refractivity contribution in [2.75, 3.05) is 10.6 Å². The van der Waals surface area contributed by atoms with Crippen LogP contribution < -0.4 is 10.6 Å². The molecule has 0 saturated carbocycles. The van der Waals surface area contributed by atoms with Gasteiger partial charge in [-0.15, -0.1) is 0 Å². The molecule has 1 aliphatic rings. The molecule has 2 N–H and O–H groups in total. The Morgan fingerprint density at radius 1 is 1.21 bits per heavy atom. The molecule has 2 amide bonds. The van der Waals surface area contributed by atoms with Crippen LogP contribution >= 0.6 is 11.6 Å². The molecule has 28 heavy (non-hydrogen) atoms. The van der Waals surface area contributed by atoms with Crippen LogP contribution in [0.3, 0.4) is 0 Å². The zero-order valence-corrected chi connectivity index (χ0v) is 16.1. The first-order valence-corrected chi connectivity index (χ1v) is 9.44. The number of nitrogens with one attached hydrogen (secondary N) is 2. The van der Waals surface area contributed by atoms with E-state index in [1.165, 1.54) is 0 Å². The molecule has 0 unspecified atom stereocenters. The fraction of sp³-hybridized carbons (Fsp3) is 0.190. The summed E-state index contributed by atoms with van der Waals surface area (Å²) in [5, 5.41) is 10.8. The molecule has 2 heterocycles. The van der Waals surface area contributed by atoms with Crippen LogP contribution in [-0.4, -0.2) is 21.6 Å². The van der Waals surface area contributed by atoms with Gasteiger partial charge in [-0.25, -0.2) is 4.68 Å². The molecule has 142 valence electrons. The van der Waals surface area contributed by atoms with Gasteiger partial charge in [-0.1, -0.05) is 23.7 Å². The third-order valence-electron chi connectivity index (χ3n) is 4.70. The maximum absolute atomic E-state index is 12.8. The van der Waals surface area contributed by atoms with Crippen molar-refractivity contribution in [1.82, 2.24) is 9.78 Å². The van der Waals surface area contributed by atoms with Gasteiger partial charge in [-0.05, 0) is 55.7 Å². The molecular formula is C21H19ClN4O2. The second-order valence-electron chi connectivity index (χ2n) is 6.78. The molecule has 4 rings (SSSR count). The molecule has 0 saturated heterocycles. The van der Waals surface area contributed by atoms with E-state index in [1.54, 1.807) is 23.0 Å². The average molecular weight is 395 g/mol. The Morgan fingerprint density at radius 3 is 2.86 bits per heavy atom. The minimum Gasteiger partial charge on any atom is -0.326 e. The number of amides is 2. The number of rotatable bonds is 3. The number of nitrogens with zero attached hydrogens (tertiary/aromatic N) is 2. The Balaban J connectivity index is 1.57. The van der Waals surface area contributed by atoms with E-state index in [2.05, 4.69) is 15.7 Å². The summed E-state index contributed by atoms with van der Waals surface area (Å²) in [6, 6.07) is 12.8. The summed E-state index contributed by atoms with van der Waals surface area (Å²) in [6.45, 7) is 1.84. The molecule has 3 aromatic rings. The number of carbonyl (C=O) groups is 2. The van der Waals surface area contributed by atoms with Crippen molar-refractivity contribution in [2.24, 2.45) is 0 Å². The predicted molar refractivity (Wildman–Crippen MR) is 109 cm³/mol. The summed E-state index contributed by atoms with van der Waals surface area (Å²) in [5.74, 6) is -0.266. The molecule has 2 aromatic carbocycles. The average Bonchev–Trinajstić information content (AvgIpc) is 2.95. The van der Waals surface area contributed by atoms with E-state index in [-0.39, 0.29) is 11.8 Å². The molecule has 1 aromatic heterocycles. The summed E-state index contributed by atoms with van der Waals surface area (Å²) in [6.07, 6.45) is 3.87. The smallest absolute Gasteiger partial charge is 0.276 e. The fourth-order valence-corrected chi connectivity index (χ4v) is 3.51. The highest BCUT2D eigenvalue weighted by molar-refractivity contribution is 6.32. The van der Waals surface area contributed by atoms with Gasteiger partial charge in [0.1, 0.15) is 0 Å². The van der Waals surface area contributed by atoms with Crippen molar-refractivity contribution in [3.8, 4) is 5.69 Å². The Labute approximate surface area is 167 Å². The quantitative estimate of drug-likeness (QED) is 0.692. The van der Waals surface area contributed by atoms with Crippen LogP contribution in [0.25, 0.3) is 5.69 Å². The van der Waals surface area contributed by atoms with Crippen molar-refractivity contribution in [3.63, 3.8) is 0 Å². The van der Waals surface area contributed by atoms with Gasteiger partial charge in [0.2, 0.25) is 5.91 Å². The van der Waals surface area contributed by atoms with E-state index in [0.29, 0.717) is 28.5 Å². The van der Waals surface area contributed by atoms with Gasteiger partial charge in [-0.2, -0.15) is 5.10 Å². The zero-order chi connectivity index (χ0) is 19.7. The predicted octanol–water partition coefficient (Wildman–Crippen LogP) is 4.36. The monoisotopic (exact) mass is 394 g/mol. The van der Waals surface area contributed by atoms with E-state index in [4.69, 9.17) is 11.6 Å². The van der Waals surface area contributed by atoms with Crippen molar-refractivity contribution in [2.45, 2.75) is 26.2 Å². The highest BCUT2D eigenvalue weighted by Crippen LogP contribution is 2.26. The van der Waals surface area contributed by atoms with Gasteiger partial charge in [-0.3, -0.25) is 9.59 Å². The van der Waals surface area contributed by atoms with Crippen LogP contribution in [0.1, 0.15) is 34.5 Å². The SMILES string of the molecule is Cc1cn(-c2ccccc2Cl)nc1C(=O)Nc1ccc2c(c1)CCCC(=O)N2. The summed E-state index contributed by atoms with van der Waals surface area (Å²) in [4.78, 5) is 24.4. The number of fused-ring (bicyclic) bond motifs is 1. The van der Waals surface area contributed by atoms with E-state index >= 15 is 0 Å². The lowest BCUT2D eigenvalue weighted by atomic mass is 10.1. The topological polar surface area (TPSA) is 76.0 Å². The molecule has 0 fully saturated rings. The first-order chi connectivity index (χ1) is 13.5. The van der Waals surface area contributed by atoms with Gasteiger partial charge in [0.25, 0.3) is 5.91 Å². The lowest BCUT2D eigenvalue weighted by molar-refractivity contribution is -0.116. The number of hydrogen-bond donors (Lipinski definition) is 2. The van der Waals surface area contributed by atoms with E-state index in [1.807, 2.05) is 37.3 Å². The molecule has 0 radical (unpaired) electrons. The minimum absolute atomic E-state index is 0.0243. The third-order valence-corrected chi connectivity index (χ3v) is 5.02. The Bertz CT molecular complexity index is 1070. The van der Waals surface area contributed by atoms with Crippen LogP contribution in [0.15, 0.2) is 48.7 Å². The molecule has 0 aliphatic carbocycles. The van der Waals surface area contributed by atoms with E-state index in [0.717, 1.165) is 29.7 Å². The number of benzene rings is 2. The van der Waals surface area contributed by atoms with Crippen LogP contribution in [0, 0.1) is 6.92 Å². The Morgan fingerprint density at radius 2 is 2.04 bits per heavy atom. The van der Waals surface area contributed by atoms with Crippen molar-refractivity contribution in [3.05, 3.63) is 70.5 Å². The maximum Gasteiger partial charge on any atom is 0.276 e. The summed E-state index contributed by atoms with van der Waals surface area (Å²) in [5.41, 5.74) is 4.29. The first kappa shape index (κ1) is 18.3. The van der Waals surface area contributed by atoms with Gasteiger partial charge in [0.15, 0.2) is 5.69 Å². The summed E-state index contributed by atoms with van der Waals surface area (Å²) in [7, 11) is 0. The van der Waals surface area contributed by atoms with Crippen LogP contribution in [0.2, 0.25) is 5.02 Å². The highest BCUT2D eigenvalue weighted by Gasteiger charge is 2.18. The molecule has 0 spiro atoms. The first-order valence-electron chi connectivity index (χ1n) is 9.06. The summed E-state index contributed by atoms with van der Waals surface area (Å²) < 4.78 is 1.61. The molecule has 7 heteroatoms. The molecule has 0 atom stereocenters. The minimum atomic E-state index is -0.291. The van der Waals surface area contributed by atoms with Gasteiger partial charge >= 0.3 is 0 Å². The highest BCUT2D eigenvalue weighted by atomic mass is 35.5. The Kier molecular flexibility index (Phi) is 4.88. The standard InChI is InChI=1S/C21H19ClN4O2/c1-13-12-26(18-7-3-2-6-16(18)22)25-20(13)21(28)23-15-9-10-17-14(11-15)5-4-8-19(27)24-17/h2-3,6-7,9-12H,4-5,8H2,1H3,(H,23,28)(H,24,27). The number of aryl methyl sites for hydroxylation is 2. The fourth-order valence-electron chi connectivity index (χ4n) is 3.29. The number of anilines is 2. The van der Waals surface area contributed by atoms with Crippen molar-refractivity contribution >= 4 is 34.8 Å². The van der Waals surface area contributed by atoms with Crippen molar-refractivity contribution in [1.29, 1.82) is 0 Å².